The number of Topliss-reactive ketones (excluding diaryl/α,β-unsaturated/α-hetero) is 1. The van der Waals surface area contributed by atoms with Crippen LogP contribution in [0.25, 0.3) is 6.08 Å². The van der Waals surface area contributed by atoms with Crippen LogP contribution in [0.1, 0.15) is 15.9 Å². The highest BCUT2D eigenvalue weighted by molar-refractivity contribution is 9.11. The van der Waals surface area contributed by atoms with Crippen LogP contribution < -0.4 is 0 Å². The molecule has 0 aliphatic rings. The Balaban J connectivity index is 1.97. The molecule has 0 amide bonds. The van der Waals surface area contributed by atoms with Gasteiger partial charge in [0.05, 0.1) is 4.91 Å². The number of carbonyl (C=O) groups is 1. The molecule has 26 heavy (non-hydrogen) atoms. The van der Waals surface area contributed by atoms with Gasteiger partial charge in [-0.25, -0.2) is 0 Å². The molecule has 0 fully saturated rings. The Morgan fingerprint density at radius 3 is 1.69 bits per heavy atom. The fraction of sp³-hybridized carbons (Fsp3) is 0. The summed E-state index contributed by atoms with van der Waals surface area (Å²) in [6.45, 7) is 0. The van der Waals surface area contributed by atoms with Crippen LogP contribution in [0, 0.1) is 0 Å². The van der Waals surface area contributed by atoms with E-state index in [-0.39, 0.29) is 5.78 Å². The molecular formula is C21H13Br3OS. The highest BCUT2D eigenvalue weighted by Crippen LogP contribution is 2.32. The first-order valence-electron chi connectivity index (χ1n) is 7.72. The number of thioether (sulfide) groups is 1. The smallest absolute Gasteiger partial charge is 0.199 e. The Hall–Kier alpha value is -1.14. The third kappa shape index (κ3) is 5.43. The lowest BCUT2D eigenvalue weighted by molar-refractivity contribution is 0.104. The third-order valence-corrected chi connectivity index (χ3v) is 6.16. The summed E-state index contributed by atoms with van der Waals surface area (Å²) < 4.78 is 2.98. The minimum Gasteiger partial charge on any atom is -0.288 e. The van der Waals surface area contributed by atoms with E-state index in [9.17, 15) is 4.79 Å². The predicted octanol–water partition coefficient (Wildman–Crippen LogP) is 7.99. The minimum atomic E-state index is 0.00772. The summed E-state index contributed by atoms with van der Waals surface area (Å²) in [6, 6.07) is 23.3. The maximum atomic E-state index is 13.1. The van der Waals surface area contributed by atoms with Crippen molar-refractivity contribution in [2.75, 3.05) is 0 Å². The van der Waals surface area contributed by atoms with Crippen molar-refractivity contribution < 1.29 is 4.79 Å². The summed E-state index contributed by atoms with van der Waals surface area (Å²) in [7, 11) is 0. The molecule has 0 aliphatic heterocycles. The van der Waals surface area contributed by atoms with Crippen molar-refractivity contribution in [1.82, 2.24) is 0 Å². The van der Waals surface area contributed by atoms with E-state index in [0.717, 1.165) is 23.9 Å². The number of halogens is 3. The normalized spacial score (nSPS) is 11.4. The van der Waals surface area contributed by atoms with Gasteiger partial charge in [0.1, 0.15) is 0 Å². The van der Waals surface area contributed by atoms with Crippen LogP contribution in [0.4, 0.5) is 0 Å². The molecule has 3 rings (SSSR count). The molecule has 0 saturated carbocycles. The number of hydrogen-bond donors (Lipinski definition) is 0. The molecule has 3 aromatic rings. The van der Waals surface area contributed by atoms with Gasteiger partial charge in [-0.1, -0.05) is 71.7 Å². The van der Waals surface area contributed by atoms with Crippen LogP contribution in [0.15, 0.2) is 96.0 Å². The number of allylic oxidation sites excluding steroid dienone is 1. The molecule has 0 N–H and O–H groups in total. The second-order valence-corrected chi connectivity index (χ2v) is 9.31. The summed E-state index contributed by atoms with van der Waals surface area (Å²) in [6.07, 6.45) is 1.93. The number of rotatable bonds is 5. The van der Waals surface area contributed by atoms with Crippen molar-refractivity contribution >= 4 is 71.4 Å². The summed E-state index contributed by atoms with van der Waals surface area (Å²) in [5, 5.41) is 0. The zero-order valence-corrected chi connectivity index (χ0v) is 19.0. The van der Waals surface area contributed by atoms with E-state index in [0.29, 0.717) is 10.5 Å². The molecule has 0 unspecified atom stereocenters. The number of ketones is 1. The fourth-order valence-electron chi connectivity index (χ4n) is 2.22. The maximum Gasteiger partial charge on any atom is 0.199 e. The van der Waals surface area contributed by atoms with Crippen LogP contribution in [-0.2, 0) is 0 Å². The van der Waals surface area contributed by atoms with Gasteiger partial charge in [0.2, 0.25) is 0 Å². The van der Waals surface area contributed by atoms with E-state index >= 15 is 0 Å². The van der Waals surface area contributed by atoms with Gasteiger partial charge in [-0.05, 0) is 72.3 Å². The van der Waals surface area contributed by atoms with Crippen LogP contribution in [-0.4, -0.2) is 5.78 Å². The molecule has 0 aliphatic carbocycles. The molecule has 0 heterocycles. The number of hydrogen-bond acceptors (Lipinski definition) is 2. The molecule has 130 valence electrons. The molecule has 0 bridgehead atoms. The van der Waals surface area contributed by atoms with Crippen molar-refractivity contribution in [2.45, 2.75) is 4.90 Å². The molecule has 0 atom stereocenters. The Morgan fingerprint density at radius 1 is 0.692 bits per heavy atom. The van der Waals surface area contributed by atoms with Crippen molar-refractivity contribution in [2.24, 2.45) is 0 Å². The highest BCUT2D eigenvalue weighted by atomic mass is 79.9. The van der Waals surface area contributed by atoms with E-state index < -0.39 is 0 Å². The highest BCUT2D eigenvalue weighted by Gasteiger charge is 2.14. The van der Waals surface area contributed by atoms with E-state index in [1.165, 1.54) is 11.8 Å². The summed E-state index contributed by atoms with van der Waals surface area (Å²) in [4.78, 5) is 14.8. The fourth-order valence-corrected chi connectivity index (χ4v) is 3.95. The second kappa shape index (κ2) is 9.18. The lowest BCUT2D eigenvalue weighted by Gasteiger charge is -2.08. The Kier molecular flexibility index (Phi) is 6.92. The zero-order chi connectivity index (χ0) is 18.5. The molecule has 0 saturated heterocycles. The molecule has 0 aromatic heterocycles. The minimum absolute atomic E-state index is 0.00772. The summed E-state index contributed by atoms with van der Waals surface area (Å²) in [5.41, 5.74) is 1.65. The topological polar surface area (TPSA) is 17.1 Å². The first-order valence-corrected chi connectivity index (χ1v) is 10.9. The molecular weight excluding hydrogens is 540 g/mol. The maximum absolute atomic E-state index is 13.1. The standard InChI is InChI=1S/C21H13Br3OS/c22-16-5-1-14(2-6-16)13-20(26-19-11-9-18(24)10-12-19)21(25)15-3-7-17(23)8-4-15/h1-13H/b20-13-. The van der Waals surface area contributed by atoms with Gasteiger partial charge in [0.25, 0.3) is 0 Å². The van der Waals surface area contributed by atoms with Crippen LogP contribution in [0.5, 0.6) is 0 Å². The lowest BCUT2D eigenvalue weighted by atomic mass is 10.1. The van der Waals surface area contributed by atoms with Crippen molar-refractivity contribution in [3.63, 3.8) is 0 Å². The van der Waals surface area contributed by atoms with Gasteiger partial charge >= 0.3 is 0 Å². The predicted molar refractivity (Wildman–Crippen MR) is 121 cm³/mol. The van der Waals surface area contributed by atoms with Gasteiger partial charge < -0.3 is 0 Å². The quantitative estimate of drug-likeness (QED) is 0.181. The monoisotopic (exact) mass is 550 g/mol. The van der Waals surface area contributed by atoms with E-state index in [1.807, 2.05) is 78.9 Å². The number of carbonyl (C=O) groups excluding carboxylic acids is 1. The Morgan fingerprint density at radius 2 is 1.15 bits per heavy atom. The lowest BCUT2D eigenvalue weighted by Crippen LogP contribution is -2.01. The van der Waals surface area contributed by atoms with E-state index in [2.05, 4.69) is 47.8 Å². The molecule has 3 aromatic carbocycles. The summed E-state index contributed by atoms with van der Waals surface area (Å²) >= 11 is 11.8. The van der Waals surface area contributed by atoms with Crippen LogP contribution in [0.2, 0.25) is 0 Å². The van der Waals surface area contributed by atoms with Crippen LogP contribution in [0.3, 0.4) is 0 Å². The molecule has 0 spiro atoms. The molecule has 5 heteroatoms. The first-order chi connectivity index (χ1) is 12.5. The van der Waals surface area contributed by atoms with Gasteiger partial charge in [0.15, 0.2) is 5.78 Å². The molecule has 1 nitrogen and oxygen atoms in total. The van der Waals surface area contributed by atoms with E-state index in [1.54, 1.807) is 0 Å². The first kappa shape index (κ1) is 19.6. The Labute approximate surface area is 182 Å². The van der Waals surface area contributed by atoms with Gasteiger partial charge in [-0.2, -0.15) is 0 Å². The average molecular weight is 553 g/mol. The second-order valence-electron chi connectivity index (χ2n) is 5.45. The SMILES string of the molecule is O=C(/C(=C/c1ccc(Br)cc1)Sc1ccc(Br)cc1)c1ccc(Br)cc1. The van der Waals surface area contributed by atoms with E-state index in [4.69, 9.17) is 0 Å². The van der Waals surface area contributed by atoms with Crippen molar-refractivity contribution in [1.29, 1.82) is 0 Å². The van der Waals surface area contributed by atoms with Crippen LogP contribution >= 0.6 is 59.6 Å². The molecule has 0 radical (unpaired) electrons. The Bertz CT molecular complexity index is 931. The van der Waals surface area contributed by atoms with Crippen molar-refractivity contribution in [3.8, 4) is 0 Å². The van der Waals surface area contributed by atoms with Gasteiger partial charge in [0, 0.05) is 23.9 Å². The zero-order valence-electron chi connectivity index (χ0n) is 13.5. The number of benzene rings is 3. The van der Waals surface area contributed by atoms with Crippen molar-refractivity contribution in [3.05, 3.63) is 102 Å². The average Bonchev–Trinajstić information content (AvgIpc) is 2.65. The largest absolute Gasteiger partial charge is 0.288 e. The van der Waals surface area contributed by atoms with Gasteiger partial charge in [-0.15, -0.1) is 0 Å². The third-order valence-electron chi connectivity index (χ3n) is 3.54. The van der Waals surface area contributed by atoms with Gasteiger partial charge in [-0.3, -0.25) is 4.79 Å². The summed E-state index contributed by atoms with van der Waals surface area (Å²) in [5.74, 6) is 0.00772.